The Hall–Kier alpha value is -2.77. The van der Waals surface area contributed by atoms with Gasteiger partial charge < -0.3 is 25.5 Å². The van der Waals surface area contributed by atoms with Crippen LogP contribution in [-0.4, -0.2) is 55.0 Å². The van der Waals surface area contributed by atoms with Crippen molar-refractivity contribution in [2.75, 3.05) is 48.8 Å². The topological polar surface area (TPSA) is 84.9 Å². The fourth-order valence-electron chi connectivity index (χ4n) is 2.80. The summed E-state index contributed by atoms with van der Waals surface area (Å²) in [5, 5.41) is 14.9. The van der Waals surface area contributed by atoms with E-state index >= 15 is 0 Å². The van der Waals surface area contributed by atoms with Gasteiger partial charge in [-0.2, -0.15) is 0 Å². The summed E-state index contributed by atoms with van der Waals surface area (Å²) in [5.74, 6) is -1.89. The summed E-state index contributed by atoms with van der Waals surface area (Å²) in [6, 6.07) is 11.5. The number of phenols is 1. The molecule has 3 N–H and O–H groups in total. The van der Waals surface area contributed by atoms with Crippen LogP contribution in [0.1, 0.15) is 0 Å². The van der Waals surface area contributed by atoms with Gasteiger partial charge in [-0.05, 0) is 49.5 Å². The quantitative estimate of drug-likeness (QED) is 0.555. The van der Waals surface area contributed by atoms with Crippen molar-refractivity contribution in [1.82, 2.24) is 4.90 Å². The van der Waals surface area contributed by atoms with Gasteiger partial charge >= 0.3 is 11.8 Å². The maximum atomic E-state index is 12.1. The van der Waals surface area contributed by atoms with Gasteiger partial charge in [0.2, 0.25) is 0 Å². The SMILES string of the molecule is CN1CCN(c2ccc(NC(=O)C(=O)Nc3cc(Cl)ccc3O)cc2)CC1. The third-order valence-corrected chi connectivity index (χ3v) is 4.64. The van der Waals surface area contributed by atoms with Crippen LogP contribution in [0.2, 0.25) is 5.02 Å². The molecule has 7 nitrogen and oxygen atoms in total. The van der Waals surface area contributed by atoms with Crippen molar-refractivity contribution in [2.45, 2.75) is 0 Å². The molecule has 0 aromatic heterocycles. The van der Waals surface area contributed by atoms with Crippen LogP contribution in [-0.2, 0) is 9.59 Å². The number of rotatable bonds is 3. The zero-order valence-electron chi connectivity index (χ0n) is 14.9. The van der Waals surface area contributed by atoms with Gasteiger partial charge in [0.15, 0.2) is 0 Å². The summed E-state index contributed by atoms with van der Waals surface area (Å²) >= 11 is 5.83. The molecule has 3 rings (SSSR count). The minimum absolute atomic E-state index is 0.0769. The zero-order chi connectivity index (χ0) is 19.4. The average molecular weight is 389 g/mol. The van der Waals surface area contributed by atoms with E-state index in [9.17, 15) is 14.7 Å². The number of carbonyl (C=O) groups is 2. The van der Waals surface area contributed by atoms with Crippen LogP contribution in [0.25, 0.3) is 0 Å². The second-order valence-corrected chi connectivity index (χ2v) is 6.84. The molecule has 2 aromatic carbocycles. The minimum Gasteiger partial charge on any atom is -0.506 e. The molecule has 0 spiro atoms. The Morgan fingerprint density at radius 2 is 1.59 bits per heavy atom. The molecular weight excluding hydrogens is 368 g/mol. The summed E-state index contributed by atoms with van der Waals surface area (Å²) < 4.78 is 0. The molecule has 1 aliphatic rings. The Bertz CT molecular complexity index is 833. The maximum absolute atomic E-state index is 12.1. The monoisotopic (exact) mass is 388 g/mol. The van der Waals surface area contributed by atoms with Crippen LogP contribution in [0.5, 0.6) is 5.75 Å². The van der Waals surface area contributed by atoms with Crippen molar-refractivity contribution in [3.05, 3.63) is 47.5 Å². The van der Waals surface area contributed by atoms with Crippen molar-refractivity contribution in [1.29, 1.82) is 0 Å². The van der Waals surface area contributed by atoms with Gasteiger partial charge in [-0.15, -0.1) is 0 Å². The third kappa shape index (κ3) is 4.90. The van der Waals surface area contributed by atoms with E-state index in [4.69, 9.17) is 11.6 Å². The highest BCUT2D eigenvalue weighted by molar-refractivity contribution is 6.44. The maximum Gasteiger partial charge on any atom is 0.314 e. The first-order valence-corrected chi connectivity index (χ1v) is 8.94. The first kappa shape index (κ1) is 19.0. The number of piperazine rings is 1. The highest BCUT2D eigenvalue weighted by Crippen LogP contribution is 2.26. The van der Waals surface area contributed by atoms with E-state index in [-0.39, 0.29) is 11.4 Å². The molecule has 1 saturated heterocycles. The number of anilines is 3. The molecule has 1 heterocycles. The molecule has 0 atom stereocenters. The van der Waals surface area contributed by atoms with E-state index in [0.29, 0.717) is 10.7 Å². The molecule has 2 amide bonds. The van der Waals surface area contributed by atoms with Crippen LogP contribution < -0.4 is 15.5 Å². The Morgan fingerprint density at radius 3 is 2.26 bits per heavy atom. The second kappa shape index (κ2) is 8.28. The lowest BCUT2D eigenvalue weighted by Crippen LogP contribution is -2.44. The first-order chi connectivity index (χ1) is 12.9. The fourth-order valence-corrected chi connectivity index (χ4v) is 2.97. The van der Waals surface area contributed by atoms with Crippen molar-refractivity contribution >= 4 is 40.5 Å². The Kier molecular flexibility index (Phi) is 5.83. The number of likely N-dealkylation sites (N-methyl/N-ethyl adjacent to an activating group) is 1. The molecule has 142 valence electrons. The Balaban J connectivity index is 1.58. The number of phenolic OH excluding ortho intramolecular Hbond substituents is 1. The van der Waals surface area contributed by atoms with Crippen LogP contribution in [0.15, 0.2) is 42.5 Å². The van der Waals surface area contributed by atoms with Crippen molar-refractivity contribution in [2.24, 2.45) is 0 Å². The highest BCUT2D eigenvalue weighted by Gasteiger charge is 2.17. The predicted molar refractivity (Wildman–Crippen MR) is 107 cm³/mol. The smallest absolute Gasteiger partial charge is 0.314 e. The van der Waals surface area contributed by atoms with E-state index < -0.39 is 11.8 Å². The summed E-state index contributed by atoms with van der Waals surface area (Å²) in [7, 11) is 2.10. The number of aromatic hydroxyl groups is 1. The summed E-state index contributed by atoms with van der Waals surface area (Å²) in [6.07, 6.45) is 0. The summed E-state index contributed by atoms with van der Waals surface area (Å²) in [4.78, 5) is 28.7. The Labute approximate surface area is 162 Å². The number of halogens is 1. The summed E-state index contributed by atoms with van der Waals surface area (Å²) in [6.45, 7) is 3.92. The molecule has 1 fully saturated rings. The average Bonchev–Trinajstić information content (AvgIpc) is 2.66. The largest absolute Gasteiger partial charge is 0.506 e. The normalized spacial score (nSPS) is 14.7. The van der Waals surface area contributed by atoms with Gasteiger partial charge in [0.25, 0.3) is 0 Å². The van der Waals surface area contributed by atoms with E-state index in [1.807, 2.05) is 12.1 Å². The van der Waals surface area contributed by atoms with E-state index in [1.54, 1.807) is 12.1 Å². The molecule has 8 heteroatoms. The van der Waals surface area contributed by atoms with Gasteiger partial charge in [0.1, 0.15) is 5.75 Å². The van der Waals surface area contributed by atoms with Gasteiger partial charge in [-0.3, -0.25) is 9.59 Å². The lowest BCUT2D eigenvalue weighted by Gasteiger charge is -2.34. The lowest BCUT2D eigenvalue weighted by atomic mass is 10.2. The lowest BCUT2D eigenvalue weighted by molar-refractivity contribution is -0.133. The molecule has 0 radical (unpaired) electrons. The number of nitrogens with one attached hydrogen (secondary N) is 2. The highest BCUT2D eigenvalue weighted by atomic mass is 35.5. The number of amides is 2. The molecule has 27 heavy (non-hydrogen) atoms. The predicted octanol–water partition coefficient (Wildman–Crippen LogP) is 2.37. The Morgan fingerprint density at radius 1 is 0.963 bits per heavy atom. The molecule has 1 aliphatic heterocycles. The van der Waals surface area contributed by atoms with Crippen molar-refractivity contribution in [3.63, 3.8) is 0 Å². The van der Waals surface area contributed by atoms with Crippen molar-refractivity contribution < 1.29 is 14.7 Å². The van der Waals surface area contributed by atoms with E-state index in [0.717, 1.165) is 31.9 Å². The van der Waals surface area contributed by atoms with Gasteiger partial charge in [-0.25, -0.2) is 0 Å². The molecule has 0 saturated carbocycles. The minimum atomic E-state index is -0.893. The molecule has 2 aromatic rings. The molecule has 0 unspecified atom stereocenters. The number of nitrogens with zero attached hydrogens (tertiary/aromatic N) is 2. The molecule has 0 aliphatic carbocycles. The molecule has 0 bridgehead atoms. The van der Waals surface area contributed by atoms with Gasteiger partial charge in [-0.1, -0.05) is 11.6 Å². The summed E-state index contributed by atoms with van der Waals surface area (Å²) in [5.41, 5.74) is 1.67. The van der Waals surface area contributed by atoms with Crippen molar-refractivity contribution in [3.8, 4) is 5.75 Å². The first-order valence-electron chi connectivity index (χ1n) is 8.57. The zero-order valence-corrected chi connectivity index (χ0v) is 15.7. The van der Waals surface area contributed by atoms with Crippen LogP contribution in [0.4, 0.5) is 17.1 Å². The van der Waals surface area contributed by atoms with E-state index in [2.05, 4.69) is 27.5 Å². The second-order valence-electron chi connectivity index (χ2n) is 6.41. The molecular formula is C19H21ClN4O3. The number of hydrogen-bond acceptors (Lipinski definition) is 5. The van der Waals surface area contributed by atoms with E-state index in [1.165, 1.54) is 18.2 Å². The number of hydrogen-bond donors (Lipinski definition) is 3. The van der Waals surface area contributed by atoms with Gasteiger partial charge in [0, 0.05) is 42.6 Å². The van der Waals surface area contributed by atoms with Crippen LogP contribution in [0.3, 0.4) is 0 Å². The third-order valence-electron chi connectivity index (χ3n) is 4.41. The number of benzene rings is 2. The van der Waals surface area contributed by atoms with Crippen LogP contribution in [0, 0.1) is 0 Å². The standard InChI is InChI=1S/C19H21ClN4O3/c1-23-8-10-24(11-9-23)15-5-3-14(4-6-15)21-18(26)19(27)22-16-12-13(20)2-7-17(16)25/h2-7,12,25H,8-11H2,1H3,(H,21,26)(H,22,27). The fraction of sp³-hybridized carbons (Fsp3) is 0.263. The van der Waals surface area contributed by atoms with Gasteiger partial charge in [0.05, 0.1) is 5.69 Å². The number of carbonyl (C=O) groups excluding carboxylic acids is 2. The van der Waals surface area contributed by atoms with Crippen LogP contribution >= 0.6 is 11.6 Å².